The first-order valence-corrected chi connectivity index (χ1v) is 9.31. The molecule has 0 amide bonds. The molecule has 0 fully saturated rings. The number of carbonyl (C=O) groups excluding carboxylic acids is 2. The van der Waals surface area contributed by atoms with Crippen molar-refractivity contribution in [3.63, 3.8) is 0 Å². The van der Waals surface area contributed by atoms with Gasteiger partial charge in [-0.15, -0.1) is 0 Å². The molecule has 2 aromatic carbocycles. The van der Waals surface area contributed by atoms with Gasteiger partial charge in [-0.2, -0.15) is 0 Å². The predicted molar refractivity (Wildman–Crippen MR) is 92.3 cm³/mol. The fourth-order valence-electron chi connectivity index (χ4n) is 2.03. The van der Waals surface area contributed by atoms with Crippen molar-refractivity contribution in [1.82, 2.24) is 0 Å². The van der Waals surface area contributed by atoms with E-state index in [0.717, 1.165) is 24.5 Å². The molecule has 0 aliphatic carbocycles. The van der Waals surface area contributed by atoms with Crippen molar-refractivity contribution < 1.29 is 27.7 Å². The molecule has 0 N–H and O–H groups in total. The number of Topliss-reactive ketones (excluding diaryl/α,β-unsaturated/α-hetero) is 1. The van der Waals surface area contributed by atoms with Crippen LogP contribution < -0.4 is 0 Å². The maximum atomic E-state index is 12.0. The van der Waals surface area contributed by atoms with Crippen LogP contribution in [0.5, 0.6) is 0 Å². The highest BCUT2D eigenvalue weighted by molar-refractivity contribution is 7.90. The van der Waals surface area contributed by atoms with Crippen LogP contribution in [0, 0.1) is 10.1 Å². The lowest BCUT2D eigenvalue weighted by Gasteiger charge is -2.06. The number of benzene rings is 2. The van der Waals surface area contributed by atoms with Gasteiger partial charge in [0, 0.05) is 22.9 Å². The number of halogens is 1. The van der Waals surface area contributed by atoms with Gasteiger partial charge in [-0.05, 0) is 36.4 Å². The van der Waals surface area contributed by atoms with Crippen LogP contribution in [0.2, 0.25) is 5.02 Å². The molecule has 0 unspecified atom stereocenters. The van der Waals surface area contributed by atoms with Crippen LogP contribution in [0.15, 0.2) is 47.4 Å². The van der Waals surface area contributed by atoms with Crippen LogP contribution in [-0.2, 0) is 14.6 Å². The van der Waals surface area contributed by atoms with Gasteiger partial charge in [-0.1, -0.05) is 11.6 Å². The number of nitro groups is 1. The van der Waals surface area contributed by atoms with Crippen molar-refractivity contribution in [3.8, 4) is 0 Å². The van der Waals surface area contributed by atoms with Crippen molar-refractivity contribution in [1.29, 1.82) is 0 Å². The summed E-state index contributed by atoms with van der Waals surface area (Å²) in [5, 5.41) is 11.5. The van der Waals surface area contributed by atoms with Crippen LogP contribution in [-0.4, -0.2) is 38.0 Å². The topological polar surface area (TPSA) is 121 Å². The number of ketones is 1. The molecule has 0 heterocycles. The van der Waals surface area contributed by atoms with E-state index in [1.807, 2.05) is 0 Å². The van der Waals surface area contributed by atoms with E-state index in [0.29, 0.717) is 5.02 Å². The van der Waals surface area contributed by atoms with Crippen LogP contribution in [0.1, 0.15) is 20.7 Å². The van der Waals surface area contributed by atoms with E-state index >= 15 is 0 Å². The number of sulfone groups is 1. The lowest BCUT2D eigenvalue weighted by atomic mass is 10.1. The molecule has 0 aromatic heterocycles. The highest BCUT2D eigenvalue weighted by atomic mass is 35.5. The van der Waals surface area contributed by atoms with Gasteiger partial charge in [0.25, 0.3) is 5.69 Å². The summed E-state index contributed by atoms with van der Waals surface area (Å²) in [5.74, 6) is -1.48. The molecule has 0 spiro atoms. The molecule has 0 saturated heterocycles. The zero-order valence-electron chi connectivity index (χ0n) is 13.3. The molecule has 2 aromatic rings. The van der Waals surface area contributed by atoms with Gasteiger partial charge in [0.15, 0.2) is 22.2 Å². The smallest absolute Gasteiger partial charge is 0.338 e. The summed E-state index contributed by atoms with van der Waals surface area (Å²) in [6.07, 6.45) is 0.818. The third kappa shape index (κ3) is 4.64. The lowest BCUT2D eigenvalue weighted by molar-refractivity contribution is -0.387. The number of rotatable bonds is 6. The van der Waals surface area contributed by atoms with E-state index in [-0.39, 0.29) is 11.1 Å². The van der Waals surface area contributed by atoms with Gasteiger partial charge in [-0.25, -0.2) is 13.2 Å². The second-order valence-corrected chi connectivity index (χ2v) is 7.64. The molecular formula is C16H12ClNO7S. The molecule has 2 rings (SSSR count). The number of ether oxygens (including phenoxy) is 1. The molecule has 0 aliphatic rings. The first-order chi connectivity index (χ1) is 12.1. The summed E-state index contributed by atoms with van der Waals surface area (Å²) >= 11 is 5.71. The molecule has 10 heteroatoms. The normalized spacial score (nSPS) is 11.0. The molecule has 136 valence electrons. The first kappa shape index (κ1) is 19.5. The fourth-order valence-corrected chi connectivity index (χ4v) is 2.99. The van der Waals surface area contributed by atoms with Crippen molar-refractivity contribution in [3.05, 3.63) is 68.7 Å². The van der Waals surface area contributed by atoms with Crippen molar-refractivity contribution in [2.75, 3.05) is 12.9 Å². The van der Waals surface area contributed by atoms with E-state index in [1.165, 1.54) is 24.3 Å². The van der Waals surface area contributed by atoms with Crippen LogP contribution in [0.4, 0.5) is 5.69 Å². The number of hydrogen-bond donors (Lipinski definition) is 0. The minimum atomic E-state index is -3.84. The monoisotopic (exact) mass is 397 g/mol. The Bertz CT molecular complexity index is 984. The number of nitrogens with zero attached hydrogens (tertiary/aromatic N) is 1. The fraction of sp³-hybridized carbons (Fsp3) is 0.125. The molecule has 8 nitrogen and oxygen atoms in total. The third-order valence-electron chi connectivity index (χ3n) is 3.29. The average Bonchev–Trinajstić information content (AvgIpc) is 2.58. The van der Waals surface area contributed by atoms with Gasteiger partial charge in [0.2, 0.25) is 0 Å². The van der Waals surface area contributed by atoms with E-state index < -0.39 is 43.7 Å². The summed E-state index contributed by atoms with van der Waals surface area (Å²) in [5.41, 5.74) is -0.709. The third-order valence-corrected chi connectivity index (χ3v) is 4.69. The zero-order chi connectivity index (χ0) is 19.5. The summed E-state index contributed by atoms with van der Waals surface area (Å²) in [6.45, 7) is -0.581. The molecule has 0 saturated carbocycles. The Balaban J connectivity index is 2.17. The Hall–Kier alpha value is -2.78. The Morgan fingerprint density at radius 3 is 2.23 bits per heavy atom. The largest absolute Gasteiger partial charge is 0.454 e. The zero-order valence-corrected chi connectivity index (χ0v) is 14.9. The Morgan fingerprint density at radius 1 is 1.12 bits per heavy atom. The van der Waals surface area contributed by atoms with Crippen molar-refractivity contribution >= 4 is 38.9 Å². The molecule has 26 heavy (non-hydrogen) atoms. The standard InChI is InChI=1S/C16H12ClNO7S/c1-26(23,24)15-7-4-11(8-13(15)18(21)22)16(20)25-9-14(19)10-2-5-12(17)6-3-10/h2-8H,9H2,1H3. The molecular weight excluding hydrogens is 386 g/mol. The van der Waals surface area contributed by atoms with Crippen LogP contribution in [0.3, 0.4) is 0 Å². The van der Waals surface area contributed by atoms with E-state index in [2.05, 4.69) is 0 Å². The maximum Gasteiger partial charge on any atom is 0.338 e. The number of esters is 1. The van der Waals surface area contributed by atoms with Crippen molar-refractivity contribution in [2.24, 2.45) is 0 Å². The summed E-state index contributed by atoms with van der Waals surface area (Å²) < 4.78 is 28.0. The average molecular weight is 398 g/mol. The number of nitro benzene ring substituents is 1. The maximum absolute atomic E-state index is 12.0. The first-order valence-electron chi connectivity index (χ1n) is 7.04. The minimum Gasteiger partial charge on any atom is -0.454 e. The SMILES string of the molecule is CS(=O)(=O)c1ccc(C(=O)OCC(=O)c2ccc(Cl)cc2)cc1[N+](=O)[O-]. The Morgan fingerprint density at radius 2 is 1.69 bits per heavy atom. The van der Waals surface area contributed by atoms with E-state index in [9.17, 15) is 28.1 Å². The quantitative estimate of drug-likeness (QED) is 0.318. The Labute approximate surface area is 153 Å². The Kier molecular flexibility index (Phi) is 5.73. The van der Waals surface area contributed by atoms with Gasteiger partial charge in [0.05, 0.1) is 10.5 Å². The van der Waals surface area contributed by atoms with Gasteiger partial charge in [-0.3, -0.25) is 14.9 Å². The molecule has 0 radical (unpaired) electrons. The van der Waals surface area contributed by atoms with E-state index in [4.69, 9.17) is 16.3 Å². The molecule has 0 aliphatic heterocycles. The number of hydrogen-bond acceptors (Lipinski definition) is 7. The highest BCUT2D eigenvalue weighted by Gasteiger charge is 2.24. The van der Waals surface area contributed by atoms with Crippen LogP contribution >= 0.6 is 11.6 Å². The van der Waals surface area contributed by atoms with Gasteiger partial charge < -0.3 is 4.74 Å². The lowest BCUT2D eigenvalue weighted by Crippen LogP contribution is -2.15. The van der Waals surface area contributed by atoms with Crippen LogP contribution in [0.25, 0.3) is 0 Å². The summed E-state index contributed by atoms with van der Waals surface area (Å²) in [4.78, 5) is 33.6. The minimum absolute atomic E-state index is 0.243. The highest BCUT2D eigenvalue weighted by Crippen LogP contribution is 2.25. The molecule has 0 bridgehead atoms. The van der Waals surface area contributed by atoms with Gasteiger partial charge >= 0.3 is 5.97 Å². The summed E-state index contributed by atoms with van der Waals surface area (Å²) in [7, 11) is -3.84. The van der Waals surface area contributed by atoms with Crippen molar-refractivity contribution in [2.45, 2.75) is 4.90 Å². The van der Waals surface area contributed by atoms with E-state index in [1.54, 1.807) is 0 Å². The predicted octanol–water partition coefficient (Wildman–Crippen LogP) is 2.69. The van der Waals surface area contributed by atoms with Gasteiger partial charge in [0.1, 0.15) is 4.90 Å². The summed E-state index contributed by atoms with van der Waals surface area (Å²) in [6, 6.07) is 8.76. The number of carbonyl (C=O) groups is 2. The molecule has 0 atom stereocenters. The second-order valence-electron chi connectivity index (χ2n) is 5.22. The second kappa shape index (κ2) is 7.63.